The molecule has 102 valence electrons. The van der Waals surface area contributed by atoms with Gasteiger partial charge in [0.05, 0.1) is 0 Å². The molecule has 0 saturated heterocycles. The molecule has 2 rings (SSSR count). The van der Waals surface area contributed by atoms with Gasteiger partial charge in [-0.1, -0.05) is 30.0 Å². The largest absolute Gasteiger partial charge is 1.00 e. The maximum absolute atomic E-state index is 5.09. The van der Waals surface area contributed by atoms with E-state index in [4.69, 9.17) is 12.6 Å². The Balaban J connectivity index is 0.00000128. The second-order valence-corrected chi connectivity index (χ2v) is 6.06. The quantitative estimate of drug-likeness (QED) is 0.281. The molecule has 0 aliphatic heterocycles. The maximum Gasteiger partial charge on any atom is 1.00 e. The van der Waals surface area contributed by atoms with Gasteiger partial charge in [-0.05, 0) is 62.5 Å². The van der Waals surface area contributed by atoms with Crippen LogP contribution >= 0.6 is 31.9 Å². The Bertz CT molecular complexity index is 617. The molecule has 0 aliphatic rings. The molecule has 0 amide bonds. The number of halogens is 2. The van der Waals surface area contributed by atoms with Gasteiger partial charge in [0.15, 0.2) is 0 Å². The van der Waals surface area contributed by atoms with Gasteiger partial charge in [-0.15, -0.1) is 13.2 Å². The van der Waals surface area contributed by atoms with Crippen LogP contribution in [0.5, 0.6) is 0 Å². The van der Waals surface area contributed by atoms with Crippen molar-refractivity contribution in [2.24, 2.45) is 0 Å². The van der Waals surface area contributed by atoms with Crippen LogP contribution < -0.4 is 68.9 Å². The summed E-state index contributed by atoms with van der Waals surface area (Å²) in [4.78, 5) is 0.809. The maximum atomic E-state index is 5.09. The summed E-state index contributed by atoms with van der Waals surface area (Å²) in [7, 11) is 0. The Hall–Kier alpha value is 0.972. The van der Waals surface area contributed by atoms with Crippen molar-refractivity contribution in [3.63, 3.8) is 0 Å². The van der Waals surface area contributed by atoms with E-state index in [2.05, 4.69) is 75.9 Å². The molecule has 0 fully saturated rings. The van der Waals surface area contributed by atoms with Crippen LogP contribution in [0.2, 0.25) is 0 Å². The summed E-state index contributed by atoms with van der Waals surface area (Å²) in [6.07, 6.45) is 0. The fourth-order valence-electron chi connectivity index (χ4n) is 1.45. The molecule has 0 saturated carbocycles. The molecular weight excluding hydrogens is 529 g/mol. The first-order chi connectivity index (χ1) is 9.56. The van der Waals surface area contributed by atoms with Crippen LogP contribution in [-0.4, -0.2) is 0 Å². The average Bonchev–Trinajstić information content (AvgIpc) is 2.42. The van der Waals surface area contributed by atoms with E-state index in [1.165, 1.54) is 5.56 Å². The summed E-state index contributed by atoms with van der Waals surface area (Å²) in [5.74, 6) is 6.30. The molecule has 2 aromatic carbocycles. The van der Waals surface area contributed by atoms with Gasteiger partial charge in [-0.2, -0.15) is 4.90 Å². The predicted octanol–water partition coefficient (Wildman–Crippen LogP) is 2.63. The molecule has 0 heterocycles. The molecule has 0 spiro atoms. The first-order valence-corrected chi connectivity index (χ1v) is 7.80. The van der Waals surface area contributed by atoms with Crippen LogP contribution in [0.25, 0.3) is 0 Å². The molecular formula is C17H13Br2CsS. The van der Waals surface area contributed by atoms with Crippen molar-refractivity contribution in [2.45, 2.75) is 11.8 Å². The predicted molar refractivity (Wildman–Crippen MR) is 95.9 cm³/mol. The number of rotatable bonds is 0. The van der Waals surface area contributed by atoms with Gasteiger partial charge < -0.3 is 12.6 Å². The van der Waals surface area contributed by atoms with Crippen molar-refractivity contribution >= 4 is 44.5 Å². The normalized spacial score (nSPS) is 8.52. The average molecular weight is 542 g/mol. The Morgan fingerprint density at radius 1 is 0.905 bits per heavy atom. The summed E-state index contributed by atoms with van der Waals surface area (Å²) >= 11 is 12.1. The summed E-state index contributed by atoms with van der Waals surface area (Å²) in [6.45, 7) is 8.06. The Labute approximate surface area is 208 Å². The van der Waals surface area contributed by atoms with Gasteiger partial charge >= 0.3 is 68.9 Å². The first-order valence-electron chi connectivity index (χ1n) is 5.81. The van der Waals surface area contributed by atoms with E-state index in [0.717, 1.165) is 25.0 Å². The minimum atomic E-state index is 0. The molecule has 21 heavy (non-hydrogen) atoms. The Morgan fingerprint density at radius 2 is 1.38 bits per heavy atom. The smallest absolute Gasteiger partial charge is 0.780 e. The molecule has 0 unspecified atom stereocenters. The van der Waals surface area contributed by atoms with Gasteiger partial charge in [0.1, 0.15) is 0 Å². The standard InChI is InChI=1S/C15H10Br2S.C2H4.Cs/c1-10-2-3-11(14(16)8-10)4-5-12-6-7-13(18)9-15(12)17;1-2;/h2-3,6-9,18H,1H3;1-2H2;/q;;+1/p-1. The topological polar surface area (TPSA) is 0 Å². The van der Waals surface area contributed by atoms with Crippen molar-refractivity contribution in [3.8, 4) is 11.8 Å². The Morgan fingerprint density at radius 3 is 1.86 bits per heavy atom. The molecule has 0 atom stereocenters. The van der Waals surface area contributed by atoms with Gasteiger partial charge in [0.2, 0.25) is 0 Å². The third-order valence-corrected chi connectivity index (χ3v) is 3.96. The van der Waals surface area contributed by atoms with Crippen molar-refractivity contribution in [1.82, 2.24) is 0 Å². The van der Waals surface area contributed by atoms with Gasteiger partial charge in [0.25, 0.3) is 0 Å². The van der Waals surface area contributed by atoms with Crippen LogP contribution in [0.15, 0.2) is 63.4 Å². The zero-order valence-electron chi connectivity index (χ0n) is 12.0. The number of hydrogen-bond donors (Lipinski definition) is 0. The molecule has 0 radical (unpaired) electrons. The molecule has 0 nitrogen and oxygen atoms in total. The minimum absolute atomic E-state index is 0. The molecule has 0 bridgehead atoms. The van der Waals surface area contributed by atoms with Gasteiger partial charge in [-0.3, -0.25) is 0 Å². The number of aryl methyl sites for hydroxylation is 1. The number of benzene rings is 2. The van der Waals surface area contributed by atoms with E-state index < -0.39 is 0 Å². The van der Waals surface area contributed by atoms with E-state index in [9.17, 15) is 0 Å². The van der Waals surface area contributed by atoms with E-state index in [1.807, 2.05) is 24.3 Å². The van der Waals surface area contributed by atoms with Crippen LogP contribution in [0.1, 0.15) is 16.7 Å². The zero-order valence-corrected chi connectivity index (χ0v) is 22.3. The fraction of sp³-hybridized carbons (Fsp3) is 0.0588. The summed E-state index contributed by atoms with van der Waals surface area (Å²) < 4.78 is 1.96. The van der Waals surface area contributed by atoms with E-state index >= 15 is 0 Å². The molecule has 4 heteroatoms. The second-order valence-electron chi connectivity index (χ2n) is 3.87. The van der Waals surface area contributed by atoms with Crippen molar-refractivity contribution in [3.05, 3.63) is 75.2 Å². The van der Waals surface area contributed by atoms with Crippen molar-refractivity contribution < 1.29 is 68.9 Å². The van der Waals surface area contributed by atoms with E-state index in [-0.39, 0.29) is 68.9 Å². The minimum Gasteiger partial charge on any atom is -0.780 e. The number of hydrogen-bond acceptors (Lipinski definition) is 1. The van der Waals surface area contributed by atoms with Crippen LogP contribution in [0, 0.1) is 18.8 Å². The molecule has 0 N–H and O–H groups in total. The SMILES string of the molecule is C=C.Cc1ccc(C#Cc2ccc([S-])cc2Br)c(Br)c1.[Cs+]. The molecule has 0 aliphatic carbocycles. The van der Waals surface area contributed by atoms with Crippen molar-refractivity contribution in [2.75, 3.05) is 0 Å². The summed E-state index contributed by atoms with van der Waals surface area (Å²) in [5.41, 5.74) is 3.13. The van der Waals surface area contributed by atoms with Gasteiger partial charge in [-0.25, -0.2) is 0 Å². The summed E-state index contributed by atoms with van der Waals surface area (Å²) in [5, 5.41) is 0. The second kappa shape index (κ2) is 11.5. The van der Waals surface area contributed by atoms with E-state index in [0.29, 0.717) is 0 Å². The molecule has 2 aromatic rings. The first kappa shape index (κ1) is 22.0. The molecule has 0 aromatic heterocycles. The third kappa shape index (κ3) is 7.38. The van der Waals surface area contributed by atoms with E-state index in [1.54, 1.807) is 0 Å². The summed E-state index contributed by atoms with van der Waals surface area (Å²) in [6, 6.07) is 11.8. The monoisotopic (exact) mass is 540 g/mol. The van der Waals surface area contributed by atoms with Crippen LogP contribution in [0.3, 0.4) is 0 Å². The van der Waals surface area contributed by atoms with Gasteiger partial charge in [0, 0.05) is 20.1 Å². The van der Waals surface area contributed by atoms with Crippen LogP contribution in [0.4, 0.5) is 0 Å². The third-order valence-electron chi connectivity index (χ3n) is 2.40. The Kier molecular flexibility index (Phi) is 12.0. The fourth-order valence-corrected chi connectivity index (χ4v) is 2.86. The van der Waals surface area contributed by atoms with Crippen molar-refractivity contribution in [1.29, 1.82) is 0 Å². The zero-order chi connectivity index (χ0) is 15.1. The van der Waals surface area contributed by atoms with Crippen LogP contribution in [-0.2, 0) is 12.6 Å².